The number of nitrogens with two attached hydrogens (primary N) is 2. The fourth-order valence-electron chi connectivity index (χ4n) is 2.43. The molecule has 0 heterocycles. The molecule has 0 bridgehead atoms. The van der Waals surface area contributed by atoms with Gasteiger partial charge in [0.25, 0.3) is 0 Å². The van der Waals surface area contributed by atoms with Crippen molar-refractivity contribution in [1.29, 1.82) is 0 Å². The average molecular weight is 491 g/mol. The Labute approximate surface area is 190 Å². The Morgan fingerprint density at radius 1 is 0.618 bits per heavy atom. The van der Waals surface area contributed by atoms with E-state index in [1.165, 1.54) is 0 Å². The van der Waals surface area contributed by atoms with Gasteiger partial charge in [-0.2, -0.15) is 0 Å². The Hall–Kier alpha value is -4.28. The van der Waals surface area contributed by atoms with Crippen LogP contribution in [-0.2, 0) is 38.4 Å². The third kappa shape index (κ3) is 11.9. The van der Waals surface area contributed by atoms with E-state index in [1.807, 2.05) is 5.32 Å². The van der Waals surface area contributed by atoms with Gasteiger partial charge in [0.1, 0.15) is 18.1 Å². The van der Waals surface area contributed by atoms with Gasteiger partial charge < -0.3 is 47.8 Å². The van der Waals surface area contributed by atoms with Crippen molar-refractivity contribution in [1.82, 2.24) is 16.0 Å². The molecule has 17 heteroatoms. The first-order chi connectivity index (χ1) is 15.6. The summed E-state index contributed by atoms with van der Waals surface area (Å²) in [5.74, 6) is -10.9. The Bertz CT molecular complexity index is 845. The number of carbonyl (C=O) groups is 8. The summed E-state index contributed by atoms with van der Waals surface area (Å²) in [7, 11) is 0. The molecule has 0 spiro atoms. The molecular weight excluding hydrogens is 466 g/mol. The van der Waals surface area contributed by atoms with Crippen LogP contribution in [0.5, 0.6) is 0 Å². The molecule has 34 heavy (non-hydrogen) atoms. The van der Waals surface area contributed by atoms with E-state index in [9.17, 15) is 38.4 Å². The van der Waals surface area contributed by atoms with Crippen molar-refractivity contribution >= 4 is 47.5 Å². The van der Waals surface area contributed by atoms with E-state index in [-0.39, 0.29) is 0 Å². The second-order valence-electron chi connectivity index (χ2n) is 6.93. The molecule has 4 amide bonds. The van der Waals surface area contributed by atoms with Crippen molar-refractivity contribution in [3.63, 3.8) is 0 Å². The summed E-state index contributed by atoms with van der Waals surface area (Å²) >= 11 is 0. The highest BCUT2D eigenvalue weighted by Crippen LogP contribution is 2.04. The van der Waals surface area contributed by atoms with Gasteiger partial charge in [-0.15, -0.1) is 0 Å². The van der Waals surface area contributed by atoms with E-state index in [1.54, 1.807) is 5.32 Å². The minimum Gasteiger partial charge on any atom is -0.481 e. The van der Waals surface area contributed by atoms with Crippen molar-refractivity contribution in [2.45, 2.75) is 56.3 Å². The molecular formula is C17H25N5O12. The normalized spacial score (nSPS) is 13.9. The van der Waals surface area contributed by atoms with E-state index < -0.39 is 104 Å². The molecule has 17 nitrogen and oxygen atoms in total. The van der Waals surface area contributed by atoms with Crippen LogP contribution in [0.2, 0.25) is 0 Å². The zero-order valence-electron chi connectivity index (χ0n) is 17.6. The average Bonchev–Trinajstić information content (AvgIpc) is 2.68. The minimum absolute atomic E-state index is 0.533. The molecule has 190 valence electrons. The summed E-state index contributed by atoms with van der Waals surface area (Å²) in [5.41, 5.74) is 10.4. The van der Waals surface area contributed by atoms with Crippen LogP contribution in [0.15, 0.2) is 0 Å². The van der Waals surface area contributed by atoms with Crippen LogP contribution in [0, 0.1) is 0 Å². The van der Waals surface area contributed by atoms with Gasteiger partial charge in [-0.1, -0.05) is 0 Å². The van der Waals surface area contributed by atoms with Crippen molar-refractivity contribution in [2.75, 3.05) is 0 Å². The van der Waals surface area contributed by atoms with Crippen molar-refractivity contribution in [2.24, 2.45) is 11.5 Å². The summed E-state index contributed by atoms with van der Waals surface area (Å²) in [6.45, 7) is 0. The molecule has 0 aromatic carbocycles. The zero-order chi connectivity index (χ0) is 26.6. The van der Waals surface area contributed by atoms with Gasteiger partial charge >= 0.3 is 23.9 Å². The topological polar surface area (TPSA) is 306 Å². The molecule has 0 fully saturated rings. The van der Waals surface area contributed by atoms with Crippen LogP contribution in [0.4, 0.5) is 0 Å². The molecule has 4 atom stereocenters. The number of hydrogen-bond donors (Lipinski definition) is 9. The fraction of sp³-hybridized carbons (Fsp3) is 0.529. The van der Waals surface area contributed by atoms with Crippen molar-refractivity contribution in [3.05, 3.63) is 0 Å². The van der Waals surface area contributed by atoms with E-state index in [0.717, 1.165) is 0 Å². The van der Waals surface area contributed by atoms with E-state index in [0.29, 0.717) is 0 Å². The van der Waals surface area contributed by atoms with Crippen LogP contribution < -0.4 is 27.4 Å². The first-order valence-corrected chi connectivity index (χ1v) is 9.47. The predicted octanol–water partition coefficient (Wildman–Crippen LogP) is -4.46. The summed E-state index contributed by atoms with van der Waals surface area (Å²) < 4.78 is 0. The molecule has 11 N–H and O–H groups in total. The summed E-state index contributed by atoms with van der Waals surface area (Å²) in [5, 5.41) is 41.4. The number of nitrogens with one attached hydrogen (secondary N) is 3. The Morgan fingerprint density at radius 2 is 1.06 bits per heavy atom. The van der Waals surface area contributed by atoms with Crippen LogP contribution in [0.1, 0.15) is 32.1 Å². The smallest absolute Gasteiger partial charge is 0.326 e. The quantitative estimate of drug-likeness (QED) is 0.0984. The SMILES string of the molecule is NC(=O)CC(N)C(=O)NC(CCC(=O)O)C(=O)NC(CC(=O)O)C(=O)NC(CC(=O)O)C(=O)O. The third-order valence-corrected chi connectivity index (χ3v) is 4.04. The molecule has 0 aromatic heterocycles. The molecule has 0 rings (SSSR count). The van der Waals surface area contributed by atoms with Gasteiger partial charge in [0.15, 0.2) is 0 Å². The lowest BCUT2D eigenvalue weighted by Crippen LogP contribution is -2.57. The Kier molecular flexibility index (Phi) is 12.2. The first kappa shape index (κ1) is 29.7. The first-order valence-electron chi connectivity index (χ1n) is 9.47. The van der Waals surface area contributed by atoms with Crippen LogP contribution in [0.3, 0.4) is 0 Å². The molecule has 0 saturated carbocycles. The van der Waals surface area contributed by atoms with E-state index in [2.05, 4.69) is 5.32 Å². The van der Waals surface area contributed by atoms with Crippen LogP contribution in [0.25, 0.3) is 0 Å². The number of carboxylic acid groups (broad SMARTS) is 4. The number of hydrogen-bond acceptors (Lipinski definition) is 9. The largest absolute Gasteiger partial charge is 0.481 e. The van der Waals surface area contributed by atoms with Gasteiger partial charge in [-0.3, -0.25) is 33.6 Å². The number of rotatable bonds is 16. The Balaban J connectivity index is 5.62. The number of primary amides is 1. The minimum atomic E-state index is -1.95. The number of aliphatic carboxylic acids is 4. The van der Waals surface area contributed by atoms with Gasteiger partial charge in [-0.05, 0) is 6.42 Å². The molecule has 0 radical (unpaired) electrons. The lowest BCUT2D eigenvalue weighted by atomic mass is 10.1. The predicted molar refractivity (Wildman–Crippen MR) is 107 cm³/mol. The maximum absolute atomic E-state index is 12.6. The lowest BCUT2D eigenvalue weighted by Gasteiger charge is -2.24. The zero-order valence-corrected chi connectivity index (χ0v) is 17.6. The number of carboxylic acids is 4. The second-order valence-corrected chi connectivity index (χ2v) is 6.93. The van der Waals surface area contributed by atoms with Gasteiger partial charge in [0.2, 0.25) is 23.6 Å². The van der Waals surface area contributed by atoms with Crippen LogP contribution in [-0.4, -0.2) is 92.1 Å². The molecule has 0 aliphatic heterocycles. The highest BCUT2D eigenvalue weighted by atomic mass is 16.4. The lowest BCUT2D eigenvalue weighted by molar-refractivity contribution is -0.148. The molecule has 4 unspecified atom stereocenters. The third-order valence-electron chi connectivity index (χ3n) is 4.04. The van der Waals surface area contributed by atoms with Crippen molar-refractivity contribution in [3.8, 4) is 0 Å². The highest BCUT2D eigenvalue weighted by molar-refractivity contribution is 5.96. The van der Waals surface area contributed by atoms with Crippen LogP contribution >= 0.6 is 0 Å². The number of amides is 4. The molecule has 0 saturated heterocycles. The summed E-state index contributed by atoms with van der Waals surface area (Å²) in [6, 6.07) is -7.03. The summed E-state index contributed by atoms with van der Waals surface area (Å²) in [4.78, 5) is 91.8. The summed E-state index contributed by atoms with van der Waals surface area (Å²) in [6.07, 6.45) is -3.92. The van der Waals surface area contributed by atoms with E-state index >= 15 is 0 Å². The fourth-order valence-corrected chi connectivity index (χ4v) is 2.43. The maximum Gasteiger partial charge on any atom is 0.326 e. The highest BCUT2D eigenvalue weighted by Gasteiger charge is 2.32. The second kappa shape index (κ2) is 14.0. The van der Waals surface area contributed by atoms with Crippen molar-refractivity contribution < 1.29 is 58.8 Å². The van der Waals surface area contributed by atoms with Gasteiger partial charge in [0, 0.05) is 6.42 Å². The molecule has 0 aromatic rings. The standard InChI is InChI=1S/C17H25N5O12/c18-6(3-10(19)23)14(30)20-7(1-2-11(24)25)15(31)21-8(4-12(26)27)16(32)22-9(17(33)34)5-13(28)29/h6-9H,1-5,18H2,(H2,19,23)(H,20,30)(H,21,31)(H,22,32)(H,24,25)(H,26,27)(H,28,29)(H,33,34). The maximum atomic E-state index is 12.6. The van der Waals surface area contributed by atoms with E-state index in [4.69, 9.17) is 31.9 Å². The number of carbonyl (C=O) groups excluding carboxylic acids is 4. The van der Waals surface area contributed by atoms with Gasteiger partial charge in [0.05, 0.1) is 25.3 Å². The molecule has 0 aliphatic rings. The Morgan fingerprint density at radius 3 is 1.50 bits per heavy atom. The monoisotopic (exact) mass is 491 g/mol. The molecule has 0 aliphatic carbocycles. The van der Waals surface area contributed by atoms with Gasteiger partial charge in [-0.25, -0.2) is 4.79 Å².